The van der Waals surface area contributed by atoms with E-state index in [1.54, 1.807) is 0 Å². The normalized spacial score (nSPS) is 8.38. The van der Waals surface area contributed by atoms with Crippen LogP contribution in [0.1, 0.15) is 5.56 Å². The number of hydrogen-bond acceptors (Lipinski definition) is 0. The minimum absolute atomic E-state index is 1.30. The van der Waals surface area contributed by atoms with E-state index in [0.717, 1.165) is 0 Å². The first-order valence-electron chi connectivity index (χ1n) is 2.61. The second-order valence-corrected chi connectivity index (χ2v) is 2.02. The first kappa shape index (κ1) is 5.75. The van der Waals surface area contributed by atoms with E-state index in [4.69, 9.17) is 0 Å². The Hall–Kier alpha value is -0.378. The number of benzene rings is 1. The van der Waals surface area contributed by atoms with Crippen LogP contribution in [0, 0.1) is 0 Å². The van der Waals surface area contributed by atoms with Crippen molar-refractivity contribution < 1.29 is 0 Å². The molecule has 0 aliphatic heterocycles. The SMILES string of the molecule is [AlH]=[CH]c1ccccc1. The first-order chi connectivity index (χ1) is 3.93. The van der Waals surface area contributed by atoms with Gasteiger partial charge in [0.25, 0.3) is 0 Å². The zero-order chi connectivity index (χ0) is 5.82. The Morgan fingerprint density at radius 1 is 1.12 bits per heavy atom. The standard InChI is InChI=1S/C7H6.Al.H/c1-7-5-3-2-4-6-7;;/h1-6H;;. The molecule has 1 aromatic rings. The van der Waals surface area contributed by atoms with E-state index < -0.39 is 0 Å². The molecule has 1 aromatic carbocycles. The summed E-state index contributed by atoms with van der Waals surface area (Å²) in [6.45, 7) is 0. The predicted octanol–water partition coefficient (Wildman–Crippen LogP) is 0.738. The van der Waals surface area contributed by atoms with Crippen LogP contribution in [0.5, 0.6) is 0 Å². The Bertz CT molecular complexity index is 167. The van der Waals surface area contributed by atoms with Gasteiger partial charge in [-0.1, -0.05) is 0 Å². The van der Waals surface area contributed by atoms with Crippen molar-refractivity contribution in [3.63, 3.8) is 0 Å². The van der Waals surface area contributed by atoms with Gasteiger partial charge in [0.1, 0.15) is 0 Å². The van der Waals surface area contributed by atoms with Crippen molar-refractivity contribution in [2.45, 2.75) is 0 Å². The monoisotopic (exact) mass is 118 g/mol. The molecule has 0 heterocycles. The fraction of sp³-hybridized carbons (Fsp3) is 0. The maximum absolute atomic E-state index is 2.11. The summed E-state index contributed by atoms with van der Waals surface area (Å²) in [6, 6.07) is 10.3. The van der Waals surface area contributed by atoms with Crippen molar-refractivity contribution in [1.82, 2.24) is 0 Å². The average molecular weight is 118 g/mol. The van der Waals surface area contributed by atoms with Crippen LogP contribution in [0.2, 0.25) is 0 Å². The van der Waals surface area contributed by atoms with Crippen molar-refractivity contribution in [2.75, 3.05) is 0 Å². The molecule has 0 fully saturated rings. The Morgan fingerprint density at radius 3 is 2.12 bits per heavy atom. The third-order valence-corrected chi connectivity index (χ3v) is 1.51. The molecular formula is C7H7Al. The summed E-state index contributed by atoms with van der Waals surface area (Å²) in [6.07, 6.45) is 0. The predicted molar refractivity (Wildman–Crippen MR) is 38.8 cm³/mol. The molecular weight excluding hydrogens is 111 g/mol. The topological polar surface area (TPSA) is 0 Å². The zero-order valence-electron chi connectivity index (χ0n) is 4.67. The summed E-state index contributed by atoms with van der Waals surface area (Å²) in [5.74, 6) is 0. The van der Waals surface area contributed by atoms with E-state index in [1.807, 2.05) is 34.1 Å². The van der Waals surface area contributed by atoms with E-state index in [9.17, 15) is 0 Å². The van der Waals surface area contributed by atoms with Crippen LogP contribution in [0.25, 0.3) is 0 Å². The Morgan fingerprint density at radius 2 is 1.75 bits per heavy atom. The van der Waals surface area contributed by atoms with Gasteiger partial charge in [-0.3, -0.25) is 0 Å². The molecule has 0 unspecified atom stereocenters. The molecule has 1 rings (SSSR count). The fourth-order valence-electron chi connectivity index (χ4n) is 0.589. The van der Waals surface area contributed by atoms with E-state index in [-0.39, 0.29) is 0 Å². The quantitative estimate of drug-likeness (QED) is 0.477. The Labute approximate surface area is 57.1 Å². The van der Waals surface area contributed by atoms with Crippen LogP contribution >= 0.6 is 0 Å². The van der Waals surface area contributed by atoms with Gasteiger partial charge >= 0.3 is 56.6 Å². The van der Waals surface area contributed by atoms with E-state index in [1.165, 1.54) is 5.56 Å². The Balaban J connectivity index is 2.99. The summed E-state index contributed by atoms with van der Waals surface area (Å²) in [5.41, 5.74) is 1.30. The molecule has 0 saturated heterocycles. The molecule has 0 aliphatic carbocycles. The van der Waals surface area contributed by atoms with Crippen LogP contribution < -0.4 is 0 Å². The second-order valence-electron chi connectivity index (χ2n) is 1.61. The maximum atomic E-state index is 2.11. The summed E-state index contributed by atoms with van der Waals surface area (Å²) in [5, 5.41) is 0. The molecule has 0 bridgehead atoms. The third-order valence-electron chi connectivity index (χ3n) is 1.04. The number of rotatable bonds is 1. The average Bonchev–Trinajstić information content (AvgIpc) is 1.90. The summed E-state index contributed by atoms with van der Waals surface area (Å²) in [7, 11) is 0. The third kappa shape index (κ3) is 1.30. The fourth-order valence-corrected chi connectivity index (χ4v) is 0.861. The number of hydrogen-bond donors (Lipinski definition) is 0. The molecule has 0 amide bonds. The van der Waals surface area contributed by atoms with Gasteiger partial charge in [0.15, 0.2) is 0 Å². The van der Waals surface area contributed by atoms with Crippen LogP contribution in [-0.4, -0.2) is 20.7 Å². The van der Waals surface area contributed by atoms with Crippen molar-refractivity contribution in [2.24, 2.45) is 0 Å². The van der Waals surface area contributed by atoms with Crippen LogP contribution in [0.4, 0.5) is 0 Å². The van der Waals surface area contributed by atoms with Crippen molar-refractivity contribution >= 4 is 20.7 Å². The molecule has 0 radical (unpaired) electrons. The van der Waals surface area contributed by atoms with Gasteiger partial charge in [-0.15, -0.1) is 0 Å². The van der Waals surface area contributed by atoms with Gasteiger partial charge in [0.2, 0.25) is 0 Å². The van der Waals surface area contributed by atoms with Crippen molar-refractivity contribution in [3.05, 3.63) is 35.9 Å². The molecule has 38 valence electrons. The first-order valence-corrected chi connectivity index (χ1v) is 3.42. The van der Waals surface area contributed by atoms with E-state index >= 15 is 0 Å². The molecule has 0 spiro atoms. The van der Waals surface area contributed by atoms with Gasteiger partial charge < -0.3 is 0 Å². The molecule has 8 heavy (non-hydrogen) atoms. The van der Waals surface area contributed by atoms with Crippen molar-refractivity contribution in [3.8, 4) is 0 Å². The van der Waals surface area contributed by atoms with Crippen LogP contribution in [-0.2, 0) is 0 Å². The molecule has 0 aromatic heterocycles. The molecule has 1 heteroatoms. The zero-order valence-corrected chi connectivity index (χ0v) is 6.09. The van der Waals surface area contributed by atoms with E-state index in [2.05, 4.69) is 17.0 Å². The summed E-state index contributed by atoms with van der Waals surface area (Å²) >= 11 is 1.86. The summed E-state index contributed by atoms with van der Waals surface area (Å²) in [4.78, 5) is 2.11. The van der Waals surface area contributed by atoms with Crippen molar-refractivity contribution in [1.29, 1.82) is 0 Å². The second kappa shape index (κ2) is 2.82. The van der Waals surface area contributed by atoms with E-state index in [0.29, 0.717) is 0 Å². The van der Waals surface area contributed by atoms with Gasteiger partial charge in [0, 0.05) is 0 Å². The van der Waals surface area contributed by atoms with Crippen LogP contribution in [0.3, 0.4) is 0 Å². The summed E-state index contributed by atoms with van der Waals surface area (Å²) < 4.78 is 0. The molecule has 0 saturated carbocycles. The minimum atomic E-state index is 1.30. The molecule has 0 N–H and O–H groups in total. The van der Waals surface area contributed by atoms with Gasteiger partial charge in [-0.2, -0.15) is 0 Å². The molecule has 0 aliphatic rings. The molecule has 0 nitrogen and oxygen atoms in total. The Kier molecular flexibility index (Phi) is 2.03. The van der Waals surface area contributed by atoms with Crippen LogP contribution in [0.15, 0.2) is 30.3 Å². The molecule has 0 atom stereocenters. The van der Waals surface area contributed by atoms with Gasteiger partial charge in [-0.25, -0.2) is 0 Å². The van der Waals surface area contributed by atoms with Gasteiger partial charge in [-0.05, 0) is 0 Å². The van der Waals surface area contributed by atoms with Gasteiger partial charge in [0.05, 0.1) is 0 Å².